The maximum Gasteiger partial charge on any atom is 0.0546 e. The van der Waals surface area contributed by atoms with Gasteiger partial charge in [0.15, 0.2) is 0 Å². The molecular weight excluding hydrogens is 711 g/mol. The number of anilines is 3. The molecule has 0 radical (unpaired) electrons. The molecule has 0 aromatic heterocycles. The van der Waals surface area contributed by atoms with Gasteiger partial charge in [-0.3, -0.25) is 0 Å². The Morgan fingerprint density at radius 3 is 1.25 bits per heavy atom. The summed E-state index contributed by atoms with van der Waals surface area (Å²) in [4.78, 5) is 2.48. The smallest absolute Gasteiger partial charge is 0.0546 e. The second kappa shape index (κ2) is 14.6. The van der Waals surface area contributed by atoms with Crippen LogP contribution in [0.4, 0.5) is 17.1 Å². The molecule has 59 heavy (non-hydrogen) atoms. The monoisotopic (exact) mass is 749 g/mol. The lowest BCUT2D eigenvalue weighted by Crippen LogP contribution is -2.12. The molecule has 0 amide bonds. The summed E-state index contributed by atoms with van der Waals surface area (Å²) in [6.07, 6.45) is 0. The van der Waals surface area contributed by atoms with E-state index in [1.54, 1.807) is 0 Å². The summed E-state index contributed by atoms with van der Waals surface area (Å²) in [5.41, 5.74) is 13.0. The van der Waals surface area contributed by atoms with Gasteiger partial charge in [0.25, 0.3) is 0 Å². The molecule has 0 heterocycles. The highest BCUT2D eigenvalue weighted by Gasteiger charge is 2.23. The van der Waals surface area contributed by atoms with Crippen LogP contribution in [0.5, 0.6) is 0 Å². The van der Waals surface area contributed by atoms with Crippen LogP contribution in [0, 0.1) is 0 Å². The molecule has 0 N–H and O–H groups in total. The highest BCUT2D eigenvalue weighted by atomic mass is 15.1. The van der Waals surface area contributed by atoms with E-state index in [9.17, 15) is 0 Å². The van der Waals surface area contributed by atoms with E-state index in [1.807, 2.05) is 0 Å². The Labute approximate surface area is 344 Å². The minimum Gasteiger partial charge on any atom is -0.309 e. The van der Waals surface area contributed by atoms with Gasteiger partial charge in [-0.25, -0.2) is 0 Å². The summed E-state index contributed by atoms with van der Waals surface area (Å²) in [6, 6.07) is 86.3. The number of rotatable bonds is 7. The number of hydrogen-bond donors (Lipinski definition) is 0. The number of fused-ring (bicyclic) bond motifs is 6. The zero-order valence-corrected chi connectivity index (χ0v) is 32.5. The van der Waals surface area contributed by atoms with E-state index in [0.717, 1.165) is 17.1 Å². The molecule has 0 aliphatic carbocycles. The van der Waals surface area contributed by atoms with Gasteiger partial charge in [-0.1, -0.05) is 206 Å². The average molecular weight is 750 g/mol. The molecule has 11 aromatic carbocycles. The van der Waals surface area contributed by atoms with Gasteiger partial charge in [-0.2, -0.15) is 0 Å². The SMILES string of the molecule is c1ccc(-c2ccc(N(c3ccc(-c4c(-c5ccccc5)c5ccccc5c5ccccc45)cc3)c3cc4ccccc4c4ccccc34)c(-c3ccccc3)c2)cc1. The standard InChI is InChI=1S/C58H39N/c1-4-18-40(19-5-1)44-34-37-55(54(38-44)41-20-6-2-7-21-41)59(56-39-45-24-10-11-25-47(45)48-26-12-15-29-51(48)56)46-35-32-43(33-36-46)58-53-31-17-14-28-50(53)49-27-13-16-30-52(49)57(58)42-22-8-3-9-23-42/h1-39H. The molecule has 276 valence electrons. The fourth-order valence-corrected chi connectivity index (χ4v) is 9.14. The highest BCUT2D eigenvalue weighted by molar-refractivity contribution is 6.22. The van der Waals surface area contributed by atoms with Crippen LogP contribution < -0.4 is 4.90 Å². The van der Waals surface area contributed by atoms with Crippen molar-refractivity contribution in [2.45, 2.75) is 0 Å². The average Bonchev–Trinajstić information content (AvgIpc) is 3.32. The molecule has 1 nitrogen and oxygen atoms in total. The first-order valence-corrected chi connectivity index (χ1v) is 20.3. The molecule has 0 atom stereocenters. The van der Waals surface area contributed by atoms with Crippen molar-refractivity contribution in [2.24, 2.45) is 0 Å². The third-order valence-electron chi connectivity index (χ3n) is 11.8. The first kappa shape index (κ1) is 34.5. The third kappa shape index (κ3) is 6.04. The summed E-state index contributed by atoms with van der Waals surface area (Å²) in [5, 5.41) is 9.93. The molecule has 0 unspecified atom stereocenters. The molecule has 0 fully saturated rings. The summed E-state index contributed by atoms with van der Waals surface area (Å²) in [6.45, 7) is 0. The second-order valence-electron chi connectivity index (χ2n) is 15.2. The normalized spacial score (nSPS) is 11.4. The van der Waals surface area contributed by atoms with Crippen molar-refractivity contribution in [3.63, 3.8) is 0 Å². The molecule has 0 aliphatic heterocycles. The molecule has 0 saturated heterocycles. The number of benzene rings is 11. The second-order valence-corrected chi connectivity index (χ2v) is 15.2. The van der Waals surface area contributed by atoms with E-state index in [0.29, 0.717) is 0 Å². The highest BCUT2D eigenvalue weighted by Crippen LogP contribution is 2.48. The van der Waals surface area contributed by atoms with E-state index in [4.69, 9.17) is 0 Å². The van der Waals surface area contributed by atoms with Gasteiger partial charge in [0.2, 0.25) is 0 Å². The number of nitrogens with zero attached hydrogens (tertiary/aromatic N) is 1. The van der Waals surface area contributed by atoms with E-state index in [-0.39, 0.29) is 0 Å². The van der Waals surface area contributed by atoms with Gasteiger partial charge in [-0.15, -0.1) is 0 Å². The first-order valence-electron chi connectivity index (χ1n) is 20.3. The quantitative estimate of drug-likeness (QED) is 0.147. The van der Waals surface area contributed by atoms with Crippen LogP contribution in [0.15, 0.2) is 237 Å². The lowest BCUT2D eigenvalue weighted by atomic mass is 9.85. The van der Waals surface area contributed by atoms with Crippen molar-refractivity contribution in [3.8, 4) is 44.5 Å². The Bertz CT molecular complexity index is 3300. The van der Waals surface area contributed by atoms with Crippen LogP contribution in [0.1, 0.15) is 0 Å². The fourth-order valence-electron chi connectivity index (χ4n) is 9.14. The van der Waals surface area contributed by atoms with Gasteiger partial charge in [0.05, 0.1) is 11.4 Å². The summed E-state index contributed by atoms with van der Waals surface area (Å²) < 4.78 is 0. The van der Waals surface area contributed by atoms with Crippen molar-refractivity contribution >= 4 is 60.2 Å². The van der Waals surface area contributed by atoms with Crippen LogP contribution in [-0.4, -0.2) is 0 Å². The Morgan fingerprint density at radius 2 is 0.661 bits per heavy atom. The van der Waals surface area contributed by atoms with E-state index >= 15 is 0 Å². The van der Waals surface area contributed by atoms with E-state index in [1.165, 1.54) is 87.6 Å². The maximum atomic E-state index is 2.48. The Balaban J connectivity index is 1.18. The molecular formula is C58H39N. The summed E-state index contributed by atoms with van der Waals surface area (Å²) in [7, 11) is 0. The zero-order chi connectivity index (χ0) is 39.1. The van der Waals surface area contributed by atoms with Gasteiger partial charge in [0, 0.05) is 16.6 Å². The fraction of sp³-hybridized carbons (Fsp3) is 0. The van der Waals surface area contributed by atoms with Crippen LogP contribution in [0.25, 0.3) is 87.6 Å². The molecule has 0 saturated carbocycles. The van der Waals surface area contributed by atoms with Gasteiger partial charge in [-0.05, 0) is 107 Å². The van der Waals surface area contributed by atoms with Crippen molar-refractivity contribution in [1.82, 2.24) is 0 Å². The maximum absolute atomic E-state index is 2.48. The minimum absolute atomic E-state index is 1.09. The molecule has 0 bridgehead atoms. The van der Waals surface area contributed by atoms with Gasteiger partial charge >= 0.3 is 0 Å². The molecule has 0 aliphatic rings. The summed E-state index contributed by atoms with van der Waals surface area (Å²) >= 11 is 0. The van der Waals surface area contributed by atoms with Crippen LogP contribution in [-0.2, 0) is 0 Å². The molecule has 11 aromatic rings. The first-order chi connectivity index (χ1) is 29.3. The van der Waals surface area contributed by atoms with E-state index < -0.39 is 0 Å². The van der Waals surface area contributed by atoms with Crippen molar-refractivity contribution < 1.29 is 0 Å². The third-order valence-corrected chi connectivity index (χ3v) is 11.8. The predicted molar refractivity (Wildman–Crippen MR) is 253 cm³/mol. The van der Waals surface area contributed by atoms with Crippen molar-refractivity contribution in [2.75, 3.05) is 4.90 Å². The minimum atomic E-state index is 1.09. The lowest BCUT2D eigenvalue weighted by Gasteiger charge is -2.30. The van der Waals surface area contributed by atoms with E-state index in [2.05, 4.69) is 241 Å². The summed E-state index contributed by atoms with van der Waals surface area (Å²) in [5.74, 6) is 0. The Hall–Kier alpha value is -7.74. The van der Waals surface area contributed by atoms with Crippen LogP contribution >= 0.6 is 0 Å². The van der Waals surface area contributed by atoms with Crippen LogP contribution in [0.2, 0.25) is 0 Å². The molecule has 0 spiro atoms. The topological polar surface area (TPSA) is 3.24 Å². The number of hydrogen-bond acceptors (Lipinski definition) is 1. The molecule has 1 heteroatoms. The molecule has 11 rings (SSSR count). The zero-order valence-electron chi connectivity index (χ0n) is 32.5. The van der Waals surface area contributed by atoms with Crippen molar-refractivity contribution in [1.29, 1.82) is 0 Å². The lowest BCUT2D eigenvalue weighted by molar-refractivity contribution is 1.30. The predicted octanol–water partition coefficient (Wildman–Crippen LogP) is 16.4. The Kier molecular flexibility index (Phi) is 8.56. The van der Waals surface area contributed by atoms with Crippen molar-refractivity contribution in [3.05, 3.63) is 237 Å². The van der Waals surface area contributed by atoms with Crippen LogP contribution in [0.3, 0.4) is 0 Å². The van der Waals surface area contributed by atoms with Gasteiger partial charge in [0.1, 0.15) is 0 Å². The Morgan fingerprint density at radius 1 is 0.237 bits per heavy atom. The largest absolute Gasteiger partial charge is 0.309 e. The van der Waals surface area contributed by atoms with Gasteiger partial charge < -0.3 is 4.90 Å².